The van der Waals surface area contributed by atoms with Crippen LogP contribution >= 0.6 is 0 Å². The molecule has 0 aromatic heterocycles. The molecule has 0 unspecified atom stereocenters. The first-order valence-corrected chi connectivity index (χ1v) is 9.98. The van der Waals surface area contributed by atoms with Crippen molar-refractivity contribution in [3.63, 3.8) is 0 Å². The number of anilines is 1. The van der Waals surface area contributed by atoms with E-state index in [4.69, 9.17) is 14.2 Å². The van der Waals surface area contributed by atoms with Crippen molar-refractivity contribution in [1.82, 2.24) is 4.31 Å². The van der Waals surface area contributed by atoms with Gasteiger partial charge in [0.2, 0.25) is 15.9 Å². The van der Waals surface area contributed by atoms with E-state index in [-0.39, 0.29) is 10.6 Å². The lowest BCUT2D eigenvalue weighted by molar-refractivity contribution is -0.111. The maximum Gasteiger partial charge on any atom is 0.248 e. The third kappa shape index (κ3) is 5.49. The van der Waals surface area contributed by atoms with E-state index in [2.05, 4.69) is 5.32 Å². The van der Waals surface area contributed by atoms with Crippen LogP contribution in [0.5, 0.6) is 17.2 Å². The standard InChI is InChI=1S/C20H24N2O6S/c1-22(2)29(24,25)17-7-8-19(28-5)18(13-17)21-20(23)9-6-14-10-15(26-3)12-16(11-14)27-4/h6-13H,1-5H3,(H,21,23)/b9-6+. The minimum atomic E-state index is -3.65. The average Bonchev–Trinajstić information content (AvgIpc) is 2.71. The van der Waals surface area contributed by atoms with Crippen molar-refractivity contribution in [2.45, 2.75) is 4.90 Å². The Kier molecular flexibility index (Phi) is 7.24. The second kappa shape index (κ2) is 9.44. The van der Waals surface area contributed by atoms with Crippen LogP contribution in [0.4, 0.5) is 5.69 Å². The summed E-state index contributed by atoms with van der Waals surface area (Å²) in [5.41, 5.74) is 0.945. The van der Waals surface area contributed by atoms with Crippen molar-refractivity contribution in [2.24, 2.45) is 0 Å². The summed E-state index contributed by atoms with van der Waals surface area (Å²) in [4.78, 5) is 12.4. The Hall–Kier alpha value is -3.04. The highest BCUT2D eigenvalue weighted by Gasteiger charge is 2.19. The number of sulfonamides is 1. The first kappa shape index (κ1) is 22.3. The first-order chi connectivity index (χ1) is 13.7. The summed E-state index contributed by atoms with van der Waals surface area (Å²) in [6.45, 7) is 0. The van der Waals surface area contributed by atoms with Gasteiger partial charge in [-0.3, -0.25) is 4.79 Å². The fourth-order valence-corrected chi connectivity index (χ4v) is 3.36. The Bertz CT molecular complexity index is 993. The third-order valence-corrected chi connectivity index (χ3v) is 5.82. The molecule has 0 atom stereocenters. The summed E-state index contributed by atoms with van der Waals surface area (Å²) in [5.74, 6) is 1.07. The van der Waals surface area contributed by atoms with Crippen molar-refractivity contribution in [3.05, 3.63) is 48.0 Å². The van der Waals surface area contributed by atoms with E-state index < -0.39 is 15.9 Å². The van der Waals surface area contributed by atoms with Gasteiger partial charge in [0.25, 0.3) is 0 Å². The van der Waals surface area contributed by atoms with Gasteiger partial charge in [0.15, 0.2) is 0 Å². The van der Waals surface area contributed by atoms with E-state index in [0.717, 1.165) is 4.31 Å². The Balaban J connectivity index is 2.27. The number of carbonyl (C=O) groups excluding carboxylic acids is 1. The molecule has 2 aromatic rings. The lowest BCUT2D eigenvalue weighted by Gasteiger charge is -2.14. The number of benzene rings is 2. The average molecular weight is 420 g/mol. The highest BCUT2D eigenvalue weighted by molar-refractivity contribution is 7.89. The molecule has 2 rings (SSSR count). The van der Waals surface area contributed by atoms with Crippen molar-refractivity contribution < 1.29 is 27.4 Å². The summed E-state index contributed by atoms with van der Waals surface area (Å²) < 4.78 is 41.4. The molecule has 0 aliphatic carbocycles. The molecule has 9 heteroatoms. The molecule has 8 nitrogen and oxygen atoms in total. The summed E-state index contributed by atoms with van der Waals surface area (Å²) >= 11 is 0. The maximum atomic E-state index is 12.4. The van der Waals surface area contributed by atoms with Crippen LogP contribution in [0.3, 0.4) is 0 Å². The predicted octanol–water partition coefficient (Wildman–Crippen LogP) is 2.61. The lowest BCUT2D eigenvalue weighted by Crippen LogP contribution is -2.22. The monoisotopic (exact) mass is 420 g/mol. The van der Waals surface area contributed by atoms with Gasteiger partial charge in [-0.15, -0.1) is 0 Å². The van der Waals surface area contributed by atoms with Crippen molar-refractivity contribution >= 4 is 27.7 Å². The molecule has 0 heterocycles. The highest BCUT2D eigenvalue weighted by atomic mass is 32.2. The van der Waals surface area contributed by atoms with Crippen molar-refractivity contribution in [3.8, 4) is 17.2 Å². The van der Waals surface area contributed by atoms with Gasteiger partial charge in [-0.2, -0.15) is 0 Å². The molecular weight excluding hydrogens is 396 g/mol. The molecule has 0 fully saturated rings. The van der Waals surface area contributed by atoms with E-state index in [1.54, 1.807) is 24.3 Å². The van der Waals surface area contributed by atoms with E-state index in [1.807, 2.05) is 0 Å². The molecule has 156 valence electrons. The molecule has 0 aliphatic heterocycles. The lowest BCUT2D eigenvalue weighted by atomic mass is 10.2. The number of amides is 1. The van der Waals surface area contributed by atoms with Crippen LogP contribution in [-0.2, 0) is 14.8 Å². The minimum Gasteiger partial charge on any atom is -0.497 e. The largest absolute Gasteiger partial charge is 0.497 e. The number of hydrogen-bond donors (Lipinski definition) is 1. The van der Waals surface area contributed by atoms with E-state index in [0.29, 0.717) is 22.8 Å². The first-order valence-electron chi connectivity index (χ1n) is 8.54. The maximum absolute atomic E-state index is 12.4. The number of rotatable bonds is 8. The fraction of sp³-hybridized carbons (Fsp3) is 0.250. The number of methoxy groups -OCH3 is 3. The zero-order chi connectivity index (χ0) is 21.6. The third-order valence-electron chi connectivity index (χ3n) is 4.01. The molecule has 2 aromatic carbocycles. The van der Waals surface area contributed by atoms with Crippen LogP contribution in [0.15, 0.2) is 47.4 Å². The fourth-order valence-electron chi connectivity index (χ4n) is 2.43. The van der Waals surface area contributed by atoms with Gasteiger partial charge in [-0.1, -0.05) is 0 Å². The second-order valence-electron chi connectivity index (χ2n) is 6.12. The summed E-state index contributed by atoms with van der Waals surface area (Å²) in [7, 11) is 3.73. The SMILES string of the molecule is COc1cc(/C=C/C(=O)Nc2cc(S(=O)(=O)N(C)C)ccc2OC)cc(OC)c1. The molecule has 0 bridgehead atoms. The highest BCUT2D eigenvalue weighted by Crippen LogP contribution is 2.28. The Morgan fingerprint density at radius 1 is 0.966 bits per heavy atom. The van der Waals surface area contributed by atoms with Gasteiger partial charge in [-0.05, 0) is 42.0 Å². The molecule has 0 radical (unpaired) electrons. The Morgan fingerprint density at radius 3 is 2.10 bits per heavy atom. The van der Waals surface area contributed by atoms with Crippen LogP contribution in [0.25, 0.3) is 6.08 Å². The number of hydrogen-bond acceptors (Lipinski definition) is 6. The molecule has 1 N–H and O–H groups in total. The van der Waals surface area contributed by atoms with Crippen LogP contribution in [0.1, 0.15) is 5.56 Å². The van der Waals surface area contributed by atoms with Crippen LogP contribution in [-0.4, -0.2) is 54.1 Å². The van der Waals surface area contributed by atoms with E-state index >= 15 is 0 Å². The van der Waals surface area contributed by atoms with Gasteiger partial charge in [-0.25, -0.2) is 12.7 Å². The summed E-state index contributed by atoms with van der Waals surface area (Å²) in [6, 6.07) is 9.48. The topological polar surface area (TPSA) is 94.2 Å². The minimum absolute atomic E-state index is 0.0418. The smallest absolute Gasteiger partial charge is 0.248 e. The molecule has 29 heavy (non-hydrogen) atoms. The molecule has 0 saturated carbocycles. The summed E-state index contributed by atoms with van der Waals surface area (Å²) in [6.07, 6.45) is 2.91. The molecule has 1 amide bonds. The van der Waals surface area contributed by atoms with E-state index in [1.165, 1.54) is 59.7 Å². The quantitative estimate of drug-likeness (QED) is 0.660. The zero-order valence-corrected chi connectivity index (χ0v) is 17.7. The van der Waals surface area contributed by atoms with Crippen LogP contribution < -0.4 is 19.5 Å². The molecule has 0 spiro atoms. The van der Waals surface area contributed by atoms with Gasteiger partial charge in [0.1, 0.15) is 17.2 Å². The predicted molar refractivity (Wildman–Crippen MR) is 111 cm³/mol. The molecule has 0 saturated heterocycles. The second-order valence-corrected chi connectivity index (χ2v) is 8.27. The Labute approximate surface area is 170 Å². The number of nitrogens with one attached hydrogen (secondary N) is 1. The number of nitrogens with zero attached hydrogens (tertiary/aromatic N) is 1. The van der Waals surface area contributed by atoms with Gasteiger partial charge < -0.3 is 19.5 Å². The molecule has 0 aliphatic rings. The van der Waals surface area contributed by atoms with Gasteiger partial charge in [0.05, 0.1) is 31.9 Å². The number of ether oxygens (including phenoxy) is 3. The Morgan fingerprint density at radius 2 is 1.59 bits per heavy atom. The van der Waals surface area contributed by atoms with Crippen LogP contribution in [0, 0.1) is 0 Å². The molecular formula is C20H24N2O6S. The van der Waals surface area contributed by atoms with Gasteiger partial charge >= 0.3 is 0 Å². The van der Waals surface area contributed by atoms with Crippen LogP contribution in [0.2, 0.25) is 0 Å². The number of carbonyl (C=O) groups is 1. The van der Waals surface area contributed by atoms with Crippen molar-refractivity contribution in [1.29, 1.82) is 0 Å². The van der Waals surface area contributed by atoms with Gasteiger partial charge in [0, 0.05) is 26.2 Å². The summed E-state index contributed by atoms with van der Waals surface area (Å²) in [5, 5.41) is 2.64. The zero-order valence-electron chi connectivity index (χ0n) is 16.9. The van der Waals surface area contributed by atoms with E-state index in [9.17, 15) is 13.2 Å². The van der Waals surface area contributed by atoms with Crippen molar-refractivity contribution in [2.75, 3.05) is 40.7 Å². The normalized spacial score (nSPS) is 11.5.